The summed E-state index contributed by atoms with van der Waals surface area (Å²) in [4.78, 5) is 3.85. The third kappa shape index (κ3) is 7.22. The molecule has 1 aromatic heterocycles. The van der Waals surface area contributed by atoms with Crippen LogP contribution in [-0.4, -0.2) is 18.1 Å². The van der Waals surface area contributed by atoms with Crippen LogP contribution in [0, 0.1) is 6.92 Å². The molecule has 0 saturated heterocycles. The van der Waals surface area contributed by atoms with Crippen molar-refractivity contribution in [2.24, 2.45) is 0 Å². The molecule has 1 aromatic rings. The molecule has 0 bridgehead atoms. The summed E-state index contributed by atoms with van der Waals surface area (Å²) in [5, 5.41) is 3.11. The fourth-order valence-electron chi connectivity index (χ4n) is 0.676. The van der Waals surface area contributed by atoms with Gasteiger partial charge in [-0.25, -0.2) is 0 Å². The first kappa shape index (κ1) is 11.1. The van der Waals surface area contributed by atoms with Crippen LogP contribution in [0.4, 0.5) is 0 Å². The lowest BCUT2D eigenvalue weighted by atomic mass is 10.3. The third-order valence-corrected chi connectivity index (χ3v) is 1.35. The quantitative estimate of drug-likeness (QED) is 0.727. The maximum atomic E-state index is 3.85. The van der Waals surface area contributed by atoms with Crippen molar-refractivity contribution in [2.45, 2.75) is 20.8 Å². The number of pyridine rings is 1. The van der Waals surface area contributed by atoms with E-state index >= 15 is 0 Å². The minimum absolute atomic E-state index is 1.09. The molecule has 0 amide bonds. The van der Waals surface area contributed by atoms with E-state index in [2.05, 4.69) is 24.1 Å². The van der Waals surface area contributed by atoms with E-state index in [0.717, 1.165) is 13.1 Å². The van der Waals surface area contributed by atoms with Crippen LogP contribution in [0.1, 0.15) is 19.4 Å². The Hall–Kier alpha value is -0.890. The van der Waals surface area contributed by atoms with Crippen molar-refractivity contribution in [3.05, 3.63) is 30.1 Å². The molecule has 0 radical (unpaired) electrons. The van der Waals surface area contributed by atoms with Gasteiger partial charge in [-0.05, 0) is 37.7 Å². The van der Waals surface area contributed by atoms with E-state index in [0.29, 0.717) is 0 Å². The first-order valence-corrected chi connectivity index (χ1v) is 4.38. The molecule has 0 saturated carbocycles. The van der Waals surface area contributed by atoms with Crippen LogP contribution in [-0.2, 0) is 0 Å². The van der Waals surface area contributed by atoms with Crippen LogP contribution in [0.25, 0.3) is 0 Å². The molecular formula is C10H18N2. The number of rotatable bonds is 2. The van der Waals surface area contributed by atoms with Gasteiger partial charge in [0.2, 0.25) is 0 Å². The molecule has 1 rings (SSSR count). The fraction of sp³-hybridized carbons (Fsp3) is 0.500. The first-order valence-electron chi connectivity index (χ1n) is 4.38. The lowest BCUT2D eigenvalue weighted by molar-refractivity contribution is 0.762. The summed E-state index contributed by atoms with van der Waals surface area (Å²) >= 11 is 0. The summed E-state index contributed by atoms with van der Waals surface area (Å²) in [5.74, 6) is 0. The van der Waals surface area contributed by atoms with Gasteiger partial charge < -0.3 is 5.32 Å². The number of aryl methyl sites for hydroxylation is 1. The van der Waals surface area contributed by atoms with Gasteiger partial charge in [-0.2, -0.15) is 0 Å². The van der Waals surface area contributed by atoms with Crippen molar-refractivity contribution in [2.75, 3.05) is 13.1 Å². The largest absolute Gasteiger partial charge is 0.317 e. The maximum Gasteiger partial charge on any atom is 0.0270 e. The fourth-order valence-corrected chi connectivity index (χ4v) is 0.676. The Balaban J connectivity index is 0.000000217. The molecule has 0 aliphatic carbocycles. The minimum atomic E-state index is 1.09. The normalized spacial score (nSPS) is 8.58. The molecule has 0 spiro atoms. The molecular weight excluding hydrogens is 148 g/mol. The Bertz CT molecular complexity index is 170. The second-order valence-electron chi connectivity index (χ2n) is 2.48. The molecule has 0 unspecified atom stereocenters. The summed E-state index contributed by atoms with van der Waals surface area (Å²) in [5.41, 5.74) is 1.26. The van der Waals surface area contributed by atoms with Gasteiger partial charge in [0.1, 0.15) is 0 Å². The highest BCUT2D eigenvalue weighted by molar-refractivity contribution is 5.05. The van der Waals surface area contributed by atoms with Crippen molar-refractivity contribution in [1.29, 1.82) is 0 Å². The molecule has 68 valence electrons. The molecule has 0 fully saturated rings. The van der Waals surface area contributed by atoms with E-state index in [-0.39, 0.29) is 0 Å². The van der Waals surface area contributed by atoms with Crippen molar-refractivity contribution in [3.8, 4) is 0 Å². The maximum absolute atomic E-state index is 3.85. The Morgan fingerprint density at radius 1 is 1.17 bits per heavy atom. The zero-order valence-corrected chi connectivity index (χ0v) is 8.17. The zero-order chi connectivity index (χ0) is 9.23. The standard InChI is InChI=1S/C6H7N.C4H11N/c1-6-2-4-7-5-3-6;1-3-5-4-2/h2-5H,1H3;5H,3-4H2,1-2H3. The predicted octanol–water partition coefficient (Wildman–Crippen LogP) is 2.01. The minimum Gasteiger partial charge on any atom is -0.317 e. The third-order valence-electron chi connectivity index (χ3n) is 1.35. The molecule has 1 N–H and O–H groups in total. The Morgan fingerprint density at radius 3 is 1.83 bits per heavy atom. The van der Waals surface area contributed by atoms with Gasteiger partial charge in [-0.1, -0.05) is 13.8 Å². The van der Waals surface area contributed by atoms with E-state index in [1.165, 1.54) is 5.56 Å². The highest BCUT2D eigenvalue weighted by atomic mass is 14.8. The number of aromatic nitrogens is 1. The summed E-state index contributed by atoms with van der Waals surface area (Å²) in [7, 11) is 0. The second kappa shape index (κ2) is 8.21. The molecule has 0 aliphatic heterocycles. The van der Waals surface area contributed by atoms with E-state index in [1.54, 1.807) is 12.4 Å². The summed E-state index contributed by atoms with van der Waals surface area (Å²) in [6, 6.07) is 3.94. The van der Waals surface area contributed by atoms with E-state index in [4.69, 9.17) is 0 Å². The Labute approximate surface area is 75.0 Å². The first-order chi connectivity index (χ1) is 5.81. The van der Waals surface area contributed by atoms with Crippen molar-refractivity contribution in [1.82, 2.24) is 10.3 Å². The van der Waals surface area contributed by atoms with Gasteiger partial charge in [0, 0.05) is 12.4 Å². The number of nitrogens with zero attached hydrogens (tertiary/aromatic N) is 1. The molecule has 12 heavy (non-hydrogen) atoms. The topological polar surface area (TPSA) is 24.9 Å². The van der Waals surface area contributed by atoms with Gasteiger partial charge in [-0.3, -0.25) is 4.98 Å². The lowest BCUT2D eigenvalue weighted by Gasteiger charge is -1.86. The highest BCUT2D eigenvalue weighted by Gasteiger charge is 1.72. The van der Waals surface area contributed by atoms with E-state index in [1.807, 2.05) is 19.1 Å². The number of nitrogens with one attached hydrogen (secondary N) is 1. The Morgan fingerprint density at radius 2 is 1.67 bits per heavy atom. The van der Waals surface area contributed by atoms with Crippen LogP contribution in [0.15, 0.2) is 24.5 Å². The number of hydrogen-bond acceptors (Lipinski definition) is 2. The molecule has 1 heterocycles. The van der Waals surface area contributed by atoms with Gasteiger partial charge in [0.15, 0.2) is 0 Å². The molecule has 0 aromatic carbocycles. The van der Waals surface area contributed by atoms with Crippen LogP contribution in [0.5, 0.6) is 0 Å². The predicted molar refractivity (Wildman–Crippen MR) is 53.2 cm³/mol. The van der Waals surface area contributed by atoms with Gasteiger partial charge >= 0.3 is 0 Å². The van der Waals surface area contributed by atoms with Crippen molar-refractivity contribution >= 4 is 0 Å². The summed E-state index contributed by atoms with van der Waals surface area (Å²) < 4.78 is 0. The van der Waals surface area contributed by atoms with Gasteiger partial charge in [-0.15, -0.1) is 0 Å². The lowest BCUT2D eigenvalue weighted by Crippen LogP contribution is -2.09. The Kier molecular flexibility index (Phi) is 7.60. The summed E-state index contributed by atoms with van der Waals surface area (Å²) in [6.07, 6.45) is 3.57. The van der Waals surface area contributed by atoms with Crippen LogP contribution < -0.4 is 5.32 Å². The SMILES string of the molecule is CCNCC.Cc1ccncc1. The van der Waals surface area contributed by atoms with Gasteiger partial charge in [0.05, 0.1) is 0 Å². The number of hydrogen-bond donors (Lipinski definition) is 1. The van der Waals surface area contributed by atoms with Crippen LogP contribution >= 0.6 is 0 Å². The van der Waals surface area contributed by atoms with Crippen LogP contribution in [0.3, 0.4) is 0 Å². The van der Waals surface area contributed by atoms with Crippen molar-refractivity contribution in [3.63, 3.8) is 0 Å². The van der Waals surface area contributed by atoms with E-state index in [9.17, 15) is 0 Å². The molecule has 2 heteroatoms. The molecule has 2 nitrogen and oxygen atoms in total. The molecule has 0 aliphatic rings. The van der Waals surface area contributed by atoms with Crippen molar-refractivity contribution < 1.29 is 0 Å². The summed E-state index contributed by atoms with van der Waals surface area (Å²) in [6.45, 7) is 8.43. The van der Waals surface area contributed by atoms with Gasteiger partial charge in [0.25, 0.3) is 0 Å². The second-order valence-corrected chi connectivity index (χ2v) is 2.48. The van der Waals surface area contributed by atoms with E-state index < -0.39 is 0 Å². The highest BCUT2D eigenvalue weighted by Crippen LogP contribution is 1.88. The average Bonchev–Trinajstić information content (AvgIpc) is 2.08. The monoisotopic (exact) mass is 166 g/mol. The zero-order valence-electron chi connectivity index (χ0n) is 8.17. The smallest absolute Gasteiger partial charge is 0.0270 e. The average molecular weight is 166 g/mol. The molecule has 0 atom stereocenters. The van der Waals surface area contributed by atoms with Crippen LogP contribution in [0.2, 0.25) is 0 Å².